The van der Waals surface area contributed by atoms with Gasteiger partial charge in [-0.25, -0.2) is 4.57 Å². The Morgan fingerprint density at radius 2 is 0.931 bits per heavy atom. The average molecular weight is 842 g/mol. The van der Waals surface area contributed by atoms with Crippen molar-refractivity contribution < 1.29 is 32.8 Å². The van der Waals surface area contributed by atoms with Crippen LogP contribution in [0, 0.1) is 0 Å². The minimum Gasteiger partial charge on any atom is -0.457 e. The van der Waals surface area contributed by atoms with Crippen LogP contribution in [-0.2, 0) is 27.9 Å². The van der Waals surface area contributed by atoms with Crippen LogP contribution in [-0.4, -0.2) is 49.9 Å². The van der Waals surface area contributed by atoms with Crippen LogP contribution in [0.25, 0.3) is 0 Å². The SMILES string of the molecule is CCCC/C=C\C/C=C\CCCCCCCCOCC(COP(=O)(O)OCCN)OC(=O)CCCCCCCCCCCCCCCCCCCCCCCCCC. The molecule has 0 aliphatic carbocycles. The van der Waals surface area contributed by atoms with Gasteiger partial charge in [-0.05, 0) is 38.5 Å². The molecule has 0 rings (SSSR count). The molecule has 0 fully saturated rings. The number of carbonyl (C=O) groups excluding carboxylic acids is 1. The number of esters is 1. The van der Waals surface area contributed by atoms with Crippen LogP contribution >= 0.6 is 7.82 Å². The van der Waals surface area contributed by atoms with Gasteiger partial charge in [0, 0.05) is 19.6 Å². The van der Waals surface area contributed by atoms with Crippen LogP contribution in [0.4, 0.5) is 0 Å². The van der Waals surface area contributed by atoms with Crippen molar-refractivity contribution in [1.82, 2.24) is 0 Å². The Hall–Kier alpha value is -1.02. The highest BCUT2D eigenvalue weighted by atomic mass is 31.2. The molecule has 8 nitrogen and oxygen atoms in total. The van der Waals surface area contributed by atoms with Crippen molar-refractivity contribution >= 4 is 13.8 Å². The summed E-state index contributed by atoms with van der Waals surface area (Å²) in [7, 11) is -4.28. The highest BCUT2D eigenvalue weighted by Crippen LogP contribution is 2.43. The number of hydrogen-bond donors (Lipinski definition) is 2. The van der Waals surface area contributed by atoms with Gasteiger partial charge in [-0.15, -0.1) is 0 Å². The van der Waals surface area contributed by atoms with Crippen molar-refractivity contribution in [3.8, 4) is 0 Å². The van der Waals surface area contributed by atoms with Crippen molar-refractivity contribution in [1.29, 1.82) is 0 Å². The molecule has 0 bridgehead atoms. The van der Waals surface area contributed by atoms with E-state index in [1.165, 1.54) is 180 Å². The van der Waals surface area contributed by atoms with E-state index >= 15 is 0 Å². The zero-order chi connectivity index (χ0) is 42.3. The Bertz CT molecular complexity index is 946. The highest BCUT2D eigenvalue weighted by molar-refractivity contribution is 7.47. The zero-order valence-electron chi connectivity index (χ0n) is 38.3. The molecule has 58 heavy (non-hydrogen) atoms. The summed E-state index contributed by atoms with van der Waals surface area (Å²) in [6, 6.07) is 0. The van der Waals surface area contributed by atoms with Crippen LogP contribution in [0.3, 0.4) is 0 Å². The van der Waals surface area contributed by atoms with E-state index in [0.717, 1.165) is 44.9 Å². The van der Waals surface area contributed by atoms with Gasteiger partial charge in [0.25, 0.3) is 0 Å². The molecule has 2 unspecified atom stereocenters. The van der Waals surface area contributed by atoms with Crippen LogP contribution in [0.5, 0.6) is 0 Å². The van der Waals surface area contributed by atoms with Gasteiger partial charge in [-0.3, -0.25) is 13.8 Å². The molecule has 2 atom stereocenters. The number of nitrogens with two attached hydrogens (primary N) is 1. The number of hydrogen-bond acceptors (Lipinski definition) is 7. The van der Waals surface area contributed by atoms with Crippen LogP contribution in [0.1, 0.15) is 245 Å². The number of unbranched alkanes of at least 4 members (excludes halogenated alkanes) is 31. The molecule has 0 aliphatic rings. The lowest BCUT2D eigenvalue weighted by Crippen LogP contribution is -2.28. The first-order chi connectivity index (χ1) is 28.4. The standard InChI is InChI=1S/C49H96NO7P/c1-3-5-7-9-11-13-15-17-19-20-21-22-23-24-25-26-27-28-30-32-34-36-38-40-42-49(51)57-48(47-56-58(52,53)55-45-43-50)46-54-44-41-39-37-35-33-31-29-18-16-14-12-10-8-6-4-2/h10,12,16,18,48H,3-9,11,13-15,17,19-47,50H2,1-2H3,(H,52,53)/b12-10-,18-16-. The monoisotopic (exact) mass is 842 g/mol. The van der Waals surface area contributed by atoms with E-state index < -0.39 is 13.9 Å². The van der Waals surface area contributed by atoms with Gasteiger partial charge in [0.2, 0.25) is 0 Å². The molecule has 3 N–H and O–H groups in total. The average Bonchev–Trinajstić information content (AvgIpc) is 3.21. The van der Waals surface area contributed by atoms with Gasteiger partial charge < -0.3 is 20.1 Å². The summed E-state index contributed by atoms with van der Waals surface area (Å²) in [4.78, 5) is 22.6. The molecule has 0 amide bonds. The molecule has 344 valence electrons. The molecule has 0 aromatic carbocycles. The van der Waals surface area contributed by atoms with E-state index in [2.05, 4.69) is 38.2 Å². The highest BCUT2D eigenvalue weighted by Gasteiger charge is 2.25. The predicted molar refractivity (Wildman–Crippen MR) is 247 cm³/mol. The summed E-state index contributed by atoms with van der Waals surface area (Å²) in [5.74, 6) is -0.329. The number of phosphoric ester groups is 1. The Kier molecular flexibility index (Phi) is 46.2. The molecule has 0 saturated heterocycles. The first kappa shape index (κ1) is 57.0. The normalized spacial score (nSPS) is 13.5. The van der Waals surface area contributed by atoms with E-state index in [1.807, 2.05) is 0 Å². The van der Waals surface area contributed by atoms with Crippen molar-refractivity contribution in [2.75, 3.05) is 33.0 Å². The number of rotatable bonds is 48. The fraction of sp³-hybridized carbons (Fsp3) is 0.898. The molecule has 0 aromatic rings. The van der Waals surface area contributed by atoms with Gasteiger partial charge in [-0.2, -0.15) is 0 Å². The molecule has 9 heteroatoms. The first-order valence-corrected chi connectivity index (χ1v) is 26.3. The van der Waals surface area contributed by atoms with Gasteiger partial charge in [0.05, 0.1) is 19.8 Å². The lowest BCUT2D eigenvalue weighted by Gasteiger charge is -2.20. The third kappa shape index (κ3) is 46.1. The fourth-order valence-electron chi connectivity index (χ4n) is 7.19. The van der Waals surface area contributed by atoms with Gasteiger partial charge in [-0.1, -0.05) is 224 Å². The lowest BCUT2D eigenvalue weighted by atomic mass is 10.0. The number of allylic oxidation sites excluding steroid dienone is 4. The van der Waals surface area contributed by atoms with E-state index in [-0.39, 0.29) is 32.3 Å². The Balaban J connectivity index is 3.89. The molecule has 0 aromatic heterocycles. The summed E-state index contributed by atoms with van der Waals surface area (Å²) < 4.78 is 33.5. The maximum absolute atomic E-state index is 12.6. The fourth-order valence-corrected chi connectivity index (χ4v) is 7.96. The second-order valence-corrected chi connectivity index (χ2v) is 18.1. The Labute approximate surface area is 359 Å². The summed E-state index contributed by atoms with van der Waals surface area (Å²) in [6.07, 6.45) is 53.6. The second-order valence-electron chi connectivity index (χ2n) is 16.7. The molecular formula is C49H96NO7P. The van der Waals surface area contributed by atoms with Crippen LogP contribution in [0.2, 0.25) is 0 Å². The van der Waals surface area contributed by atoms with Crippen molar-refractivity contribution in [3.05, 3.63) is 24.3 Å². The zero-order valence-corrected chi connectivity index (χ0v) is 39.2. The minimum atomic E-state index is -4.28. The van der Waals surface area contributed by atoms with E-state index in [9.17, 15) is 14.3 Å². The van der Waals surface area contributed by atoms with Gasteiger partial charge in [0.15, 0.2) is 0 Å². The number of ether oxygens (including phenoxy) is 2. The summed E-state index contributed by atoms with van der Waals surface area (Å²) in [5, 5.41) is 0. The van der Waals surface area contributed by atoms with Crippen molar-refractivity contribution in [3.63, 3.8) is 0 Å². The topological polar surface area (TPSA) is 117 Å². The minimum absolute atomic E-state index is 0.0954. The maximum atomic E-state index is 12.6. The summed E-state index contributed by atoms with van der Waals surface area (Å²) in [5.41, 5.74) is 5.38. The molecular weight excluding hydrogens is 746 g/mol. The molecule has 0 radical (unpaired) electrons. The van der Waals surface area contributed by atoms with E-state index in [0.29, 0.717) is 13.0 Å². The first-order valence-electron chi connectivity index (χ1n) is 24.8. The van der Waals surface area contributed by atoms with Crippen LogP contribution < -0.4 is 5.73 Å². The second kappa shape index (κ2) is 47.0. The molecule has 0 aliphatic heterocycles. The van der Waals surface area contributed by atoms with Gasteiger partial charge in [0.1, 0.15) is 6.10 Å². The third-order valence-corrected chi connectivity index (χ3v) is 11.9. The van der Waals surface area contributed by atoms with Crippen molar-refractivity contribution in [2.24, 2.45) is 5.73 Å². The number of carbonyl (C=O) groups is 1. The van der Waals surface area contributed by atoms with Gasteiger partial charge >= 0.3 is 13.8 Å². The van der Waals surface area contributed by atoms with Crippen LogP contribution in [0.15, 0.2) is 24.3 Å². The third-order valence-electron chi connectivity index (χ3n) is 10.9. The Morgan fingerprint density at radius 3 is 1.40 bits per heavy atom. The van der Waals surface area contributed by atoms with Crippen molar-refractivity contribution in [2.45, 2.75) is 251 Å². The maximum Gasteiger partial charge on any atom is 0.472 e. The molecule has 0 saturated carbocycles. The lowest BCUT2D eigenvalue weighted by molar-refractivity contribution is -0.154. The Morgan fingerprint density at radius 1 is 0.517 bits per heavy atom. The quantitative estimate of drug-likeness (QED) is 0.0269. The van der Waals surface area contributed by atoms with E-state index in [4.69, 9.17) is 24.3 Å². The molecule has 0 heterocycles. The predicted octanol–water partition coefficient (Wildman–Crippen LogP) is 15.2. The summed E-state index contributed by atoms with van der Waals surface area (Å²) >= 11 is 0. The largest absolute Gasteiger partial charge is 0.472 e. The molecule has 0 spiro atoms. The summed E-state index contributed by atoms with van der Waals surface area (Å²) in [6.45, 7) is 4.91. The smallest absolute Gasteiger partial charge is 0.457 e. The van der Waals surface area contributed by atoms with E-state index in [1.54, 1.807) is 0 Å². The number of phosphoric acid groups is 1.